The van der Waals surface area contributed by atoms with Crippen LogP contribution < -0.4 is 16.8 Å². The van der Waals surface area contributed by atoms with E-state index < -0.39 is 0 Å². The number of fused-ring (bicyclic) bond motifs is 1. The summed E-state index contributed by atoms with van der Waals surface area (Å²) in [6, 6.07) is 21.2. The van der Waals surface area contributed by atoms with E-state index in [-0.39, 0.29) is 0 Å². The van der Waals surface area contributed by atoms with E-state index in [0.29, 0.717) is 17.8 Å². The van der Waals surface area contributed by atoms with Crippen molar-refractivity contribution >= 4 is 22.8 Å². The molecule has 0 atom stereocenters. The lowest BCUT2D eigenvalue weighted by atomic mass is 9.85. The van der Waals surface area contributed by atoms with Crippen molar-refractivity contribution in [1.82, 2.24) is 14.6 Å². The molecule has 6 heteroatoms. The van der Waals surface area contributed by atoms with Crippen molar-refractivity contribution < 1.29 is 0 Å². The van der Waals surface area contributed by atoms with Crippen molar-refractivity contribution in [1.29, 1.82) is 0 Å². The summed E-state index contributed by atoms with van der Waals surface area (Å²) in [7, 11) is 0. The number of anilines is 3. The molecule has 1 aliphatic rings. The normalized spacial score (nSPS) is 18.9. The Morgan fingerprint density at radius 2 is 1.65 bits per heavy atom. The molecule has 0 radical (unpaired) electrons. The van der Waals surface area contributed by atoms with E-state index in [9.17, 15) is 0 Å². The van der Waals surface area contributed by atoms with E-state index in [1.807, 2.05) is 18.3 Å². The highest BCUT2D eigenvalue weighted by Gasteiger charge is 2.23. The number of hydrogen-bond acceptors (Lipinski definition) is 5. The Balaban J connectivity index is 1.37. The van der Waals surface area contributed by atoms with Crippen LogP contribution in [0.15, 0.2) is 66.9 Å². The Labute approximate surface area is 182 Å². The maximum absolute atomic E-state index is 6.08. The summed E-state index contributed by atoms with van der Waals surface area (Å²) in [5, 5.41) is 7.92. The second-order valence-corrected chi connectivity index (χ2v) is 8.51. The molecule has 1 aliphatic carbocycles. The molecule has 1 fully saturated rings. The Hall–Kier alpha value is -3.38. The smallest absolute Gasteiger partial charge is 0.177 e. The number of hydrogen-bond donors (Lipinski definition) is 3. The predicted molar refractivity (Wildman–Crippen MR) is 126 cm³/mol. The van der Waals surface area contributed by atoms with E-state index in [0.717, 1.165) is 54.8 Å². The Kier molecular flexibility index (Phi) is 5.30. The van der Waals surface area contributed by atoms with Gasteiger partial charge in [0.05, 0.1) is 17.6 Å². The zero-order valence-corrected chi connectivity index (χ0v) is 17.5. The number of nitrogen functional groups attached to an aromatic ring is 1. The highest BCUT2D eigenvalue weighted by atomic mass is 15.3. The van der Waals surface area contributed by atoms with Crippen LogP contribution in [0.3, 0.4) is 0 Å². The fourth-order valence-electron chi connectivity index (χ4n) is 4.41. The van der Waals surface area contributed by atoms with Gasteiger partial charge in [-0.25, -0.2) is 9.50 Å². The summed E-state index contributed by atoms with van der Waals surface area (Å²) in [6.45, 7) is 0. The zero-order chi connectivity index (χ0) is 21.2. The highest BCUT2D eigenvalue weighted by molar-refractivity contribution is 5.75. The SMILES string of the molecule is Nc1cc(Nc2ccc(Cc3ccccc3)cc2)c2nc([C@H]3CC[C@H](N)CC3)cn2n1. The number of imidazole rings is 1. The van der Waals surface area contributed by atoms with Crippen molar-refractivity contribution in [2.75, 3.05) is 11.1 Å². The van der Waals surface area contributed by atoms with Crippen LogP contribution in [-0.4, -0.2) is 20.6 Å². The first-order valence-corrected chi connectivity index (χ1v) is 11.0. The average Bonchev–Trinajstić information content (AvgIpc) is 3.20. The van der Waals surface area contributed by atoms with Crippen molar-refractivity contribution in [3.05, 3.63) is 83.7 Å². The Bertz CT molecular complexity index is 1160. The highest BCUT2D eigenvalue weighted by Crippen LogP contribution is 2.33. The van der Waals surface area contributed by atoms with E-state index in [4.69, 9.17) is 16.5 Å². The third kappa shape index (κ3) is 4.39. The first kappa shape index (κ1) is 19.6. The molecule has 2 heterocycles. The first-order chi connectivity index (χ1) is 15.1. The lowest BCUT2D eigenvalue weighted by Gasteiger charge is -2.24. The minimum Gasteiger partial charge on any atom is -0.382 e. The van der Waals surface area contributed by atoms with Crippen LogP contribution in [0.1, 0.15) is 48.4 Å². The molecule has 5 rings (SSSR count). The fourth-order valence-corrected chi connectivity index (χ4v) is 4.41. The van der Waals surface area contributed by atoms with Gasteiger partial charge in [-0.2, -0.15) is 0 Å². The van der Waals surface area contributed by atoms with Gasteiger partial charge in [0, 0.05) is 23.7 Å². The molecule has 0 bridgehead atoms. The third-order valence-electron chi connectivity index (χ3n) is 6.14. The molecule has 5 N–H and O–H groups in total. The van der Waals surface area contributed by atoms with Crippen LogP contribution >= 0.6 is 0 Å². The van der Waals surface area contributed by atoms with Gasteiger partial charge in [0.25, 0.3) is 0 Å². The molecule has 0 unspecified atom stereocenters. The van der Waals surface area contributed by atoms with Crippen molar-refractivity contribution in [3.63, 3.8) is 0 Å². The number of benzene rings is 2. The number of nitrogens with zero attached hydrogens (tertiary/aromatic N) is 3. The molecule has 31 heavy (non-hydrogen) atoms. The maximum Gasteiger partial charge on any atom is 0.177 e. The van der Waals surface area contributed by atoms with Crippen LogP contribution in [0, 0.1) is 0 Å². The molecule has 0 aliphatic heterocycles. The molecular formula is C25H28N6. The molecule has 6 nitrogen and oxygen atoms in total. The van der Waals surface area contributed by atoms with Gasteiger partial charge in [0.15, 0.2) is 5.65 Å². The van der Waals surface area contributed by atoms with Crippen molar-refractivity contribution in [3.8, 4) is 0 Å². The molecule has 4 aromatic rings. The minimum atomic E-state index is 0.323. The van der Waals surface area contributed by atoms with Gasteiger partial charge < -0.3 is 16.8 Å². The van der Waals surface area contributed by atoms with E-state index in [1.165, 1.54) is 11.1 Å². The zero-order valence-electron chi connectivity index (χ0n) is 17.5. The maximum atomic E-state index is 6.08. The number of nitrogens with two attached hydrogens (primary N) is 2. The summed E-state index contributed by atoms with van der Waals surface area (Å²) in [5.74, 6) is 0.901. The number of rotatable bonds is 5. The van der Waals surface area contributed by atoms with Gasteiger partial charge in [-0.3, -0.25) is 0 Å². The predicted octanol–water partition coefficient (Wildman–Crippen LogP) is 4.63. The molecule has 158 valence electrons. The van der Waals surface area contributed by atoms with E-state index in [2.05, 4.69) is 58.9 Å². The van der Waals surface area contributed by atoms with Gasteiger partial charge in [-0.1, -0.05) is 42.5 Å². The second kappa shape index (κ2) is 8.40. The minimum absolute atomic E-state index is 0.323. The van der Waals surface area contributed by atoms with Crippen LogP contribution in [0.4, 0.5) is 17.2 Å². The molecule has 1 saturated carbocycles. The molecule has 2 aromatic heterocycles. The quantitative estimate of drug-likeness (QED) is 0.444. The van der Waals surface area contributed by atoms with Crippen LogP contribution in [0.2, 0.25) is 0 Å². The number of aromatic nitrogens is 3. The monoisotopic (exact) mass is 412 g/mol. The standard InChI is InChI=1S/C25H28N6/c26-20-10-8-19(9-11-20)23-16-31-25(29-23)22(15-24(27)30-31)28-21-12-6-18(7-13-21)14-17-4-2-1-3-5-17/h1-7,12-13,15-16,19-20,28H,8-11,14,26H2,(H2,27,30)/t19-,20-. The molecule has 0 saturated heterocycles. The topological polar surface area (TPSA) is 94.3 Å². The third-order valence-corrected chi connectivity index (χ3v) is 6.14. The summed E-state index contributed by atoms with van der Waals surface area (Å²) in [4.78, 5) is 4.91. The molecule has 0 amide bonds. The van der Waals surface area contributed by atoms with Gasteiger partial charge in [0.2, 0.25) is 0 Å². The van der Waals surface area contributed by atoms with Crippen molar-refractivity contribution in [2.45, 2.75) is 44.1 Å². The summed E-state index contributed by atoms with van der Waals surface area (Å²) >= 11 is 0. The Morgan fingerprint density at radius 1 is 0.935 bits per heavy atom. The largest absolute Gasteiger partial charge is 0.382 e. The van der Waals surface area contributed by atoms with Gasteiger partial charge >= 0.3 is 0 Å². The van der Waals surface area contributed by atoms with Crippen LogP contribution in [0.25, 0.3) is 5.65 Å². The summed E-state index contributed by atoms with van der Waals surface area (Å²) in [5.41, 5.74) is 18.5. The number of nitrogens with one attached hydrogen (secondary N) is 1. The second-order valence-electron chi connectivity index (χ2n) is 8.51. The Morgan fingerprint density at radius 3 is 2.39 bits per heavy atom. The van der Waals surface area contributed by atoms with Gasteiger partial charge in [-0.15, -0.1) is 5.10 Å². The summed E-state index contributed by atoms with van der Waals surface area (Å²) < 4.78 is 1.80. The lowest BCUT2D eigenvalue weighted by molar-refractivity contribution is 0.391. The van der Waals surface area contributed by atoms with Crippen LogP contribution in [-0.2, 0) is 6.42 Å². The van der Waals surface area contributed by atoms with Crippen molar-refractivity contribution in [2.24, 2.45) is 5.73 Å². The van der Waals surface area contributed by atoms with Gasteiger partial charge in [-0.05, 0) is 55.4 Å². The fraction of sp³-hybridized carbons (Fsp3) is 0.280. The summed E-state index contributed by atoms with van der Waals surface area (Å²) in [6.07, 6.45) is 7.19. The molecule has 2 aromatic carbocycles. The first-order valence-electron chi connectivity index (χ1n) is 11.0. The van der Waals surface area contributed by atoms with E-state index >= 15 is 0 Å². The van der Waals surface area contributed by atoms with Crippen LogP contribution in [0.5, 0.6) is 0 Å². The van der Waals surface area contributed by atoms with E-state index in [1.54, 1.807) is 4.52 Å². The molecule has 0 spiro atoms. The lowest BCUT2D eigenvalue weighted by Crippen LogP contribution is -2.25. The molecular weight excluding hydrogens is 384 g/mol. The van der Waals surface area contributed by atoms with Gasteiger partial charge in [0.1, 0.15) is 5.82 Å². The average molecular weight is 413 g/mol.